The average molecular weight is 377 g/mol. The molecule has 0 N–H and O–H groups in total. The highest BCUT2D eigenvalue weighted by atomic mass is 35.5. The van der Waals surface area contributed by atoms with Crippen LogP contribution in [0.3, 0.4) is 0 Å². The van der Waals surface area contributed by atoms with E-state index in [1.54, 1.807) is 18.3 Å². The number of halogens is 1. The van der Waals surface area contributed by atoms with Crippen LogP contribution < -0.4 is 4.74 Å². The summed E-state index contributed by atoms with van der Waals surface area (Å²) in [6.45, 7) is 2.74. The van der Waals surface area contributed by atoms with Crippen molar-refractivity contribution in [3.63, 3.8) is 0 Å². The first-order valence-electron chi connectivity index (χ1n) is 8.89. The van der Waals surface area contributed by atoms with Crippen molar-refractivity contribution < 1.29 is 19.0 Å². The summed E-state index contributed by atoms with van der Waals surface area (Å²) < 4.78 is 16.9. The van der Waals surface area contributed by atoms with Crippen LogP contribution in [-0.4, -0.2) is 55.0 Å². The largest absolute Gasteiger partial charge is 0.481 e. The standard InChI is InChI=1S/C19H21ClN2O4/c20-15-3-4-16(18-14(15)2-1-7-21-18)26-12-17(23)22-8-5-13(6-9-22)19-24-10-11-25-19/h1-4,7,13,19H,5-6,8-12H2. The van der Waals surface area contributed by atoms with Crippen LogP contribution in [0.5, 0.6) is 5.75 Å². The number of fused-ring (bicyclic) bond motifs is 1. The molecule has 1 amide bonds. The third-order valence-electron chi connectivity index (χ3n) is 4.96. The van der Waals surface area contributed by atoms with Crippen LogP contribution >= 0.6 is 11.6 Å². The van der Waals surface area contributed by atoms with Crippen molar-refractivity contribution in [2.45, 2.75) is 19.1 Å². The molecule has 0 saturated carbocycles. The molecule has 0 aliphatic carbocycles. The number of carbonyl (C=O) groups excluding carboxylic acids is 1. The van der Waals surface area contributed by atoms with Crippen molar-refractivity contribution in [1.29, 1.82) is 0 Å². The van der Waals surface area contributed by atoms with Gasteiger partial charge in [-0.3, -0.25) is 9.78 Å². The quantitative estimate of drug-likeness (QED) is 0.821. The first-order chi connectivity index (χ1) is 12.7. The maximum Gasteiger partial charge on any atom is 0.260 e. The number of carbonyl (C=O) groups is 1. The molecular weight excluding hydrogens is 356 g/mol. The SMILES string of the molecule is O=C(COc1ccc(Cl)c2cccnc12)N1CCC(C2OCCO2)CC1. The molecule has 2 fully saturated rings. The van der Waals surface area contributed by atoms with Gasteiger partial charge >= 0.3 is 0 Å². The summed E-state index contributed by atoms with van der Waals surface area (Å²) in [7, 11) is 0. The van der Waals surface area contributed by atoms with Crippen LogP contribution in [0.15, 0.2) is 30.5 Å². The van der Waals surface area contributed by atoms with Gasteiger partial charge in [0.1, 0.15) is 11.3 Å². The third-order valence-corrected chi connectivity index (χ3v) is 5.28. The van der Waals surface area contributed by atoms with Gasteiger partial charge in [0.2, 0.25) is 0 Å². The summed E-state index contributed by atoms with van der Waals surface area (Å²) in [6, 6.07) is 7.23. The molecule has 0 spiro atoms. The molecule has 0 bridgehead atoms. The number of likely N-dealkylation sites (tertiary alicyclic amines) is 1. The van der Waals surface area contributed by atoms with Crippen LogP contribution in [0.4, 0.5) is 0 Å². The Balaban J connectivity index is 1.34. The molecule has 7 heteroatoms. The van der Waals surface area contributed by atoms with E-state index >= 15 is 0 Å². The number of hydrogen-bond donors (Lipinski definition) is 0. The fourth-order valence-electron chi connectivity index (χ4n) is 3.53. The lowest BCUT2D eigenvalue weighted by Gasteiger charge is -2.33. The molecule has 0 radical (unpaired) electrons. The van der Waals surface area contributed by atoms with Crippen LogP contribution in [0.2, 0.25) is 5.02 Å². The van der Waals surface area contributed by atoms with Gasteiger partial charge in [0.05, 0.1) is 18.2 Å². The Morgan fingerprint density at radius 2 is 2.00 bits per heavy atom. The van der Waals surface area contributed by atoms with Crippen molar-refractivity contribution in [3.05, 3.63) is 35.5 Å². The second-order valence-electron chi connectivity index (χ2n) is 6.56. The topological polar surface area (TPSA) is 60.9 Å². The van der Waals surface area contributed by atoms with Crippen molar-refractivity contribution >= 4 is 28.4 Å². The summed E-state index contributed by atoms with van der Waals surface area (Å²) in [4.78, 5) is 18.7. The maximum atomic E-state index is 12.5. The van der Waals surface area contributed by atoms with E-state index in [0.29, 0.717) is 48.5 Å². The number of piperidine rings is 1. The molecule has 1 aromatic heterocycles. The number of ether oxygens (including phenoxy) is 3. The Labute approximate surface area is 157 Å². The van der Waals surface area contributed by atoms with Crippen molar-refractivity contribution in [2.75, 3.05) is 32.9 Å². The van der Waals surface area contributed by atoms with E-state index in [9.17, 15) is 4.79 Å². The molecule has 0 atom stereocenters. The van der Waals surface area contributed by atoms with E-state index in [2.05, 4.69) is 4.98 Å². The zero-order valence-corrected chi connectivity index (χ0v) is 15.2. The zero-order chi connectivity index (χ0) is 17.9. The molecule has 2 aliphatic heterocycles. The van der Waals surface area contributed by atoms with Gasteiger partial charge in [-0.2, -0.15) is 0 Å². The van der Waals surface area contributed by atoms with Crippen LogP contribution in [0.1, 0.15) is 12.8 Å². The van der Waals surface area contributed by atoms with Gasteiger partial charge in [0.25, 0.3) is 5.91 Å². The lowest BCUT2D eigenvalue weighted by atomic mass is 9.96. The summed E-state index contributed by atoms with van der Waals surface area (Å²) >= 11 is 6.19. The van der Waals surface area contributed by atoms with Crippen molar-refractivity contribution in [2.24, 2.45) is 5.92 Å². The van der Waals surface area contributed by atoms with E-state index in [4.69, 9.17) is 25.8 Å². The molecule has 0 unspecified atom stereocenters. The van der Waals surface area contributed by atoms with Gasteiger partial charge in [-0.15, -0.1) is 0 Å². The normalized spacial score (nSPS) is 19.2. The van der Waals surface area contributed by atoms with E-state index in [-0.39, 0.29) is 18.8 Å². The minimum atomic E-state index is -0.102. The minimum Gasteiger partial charge on any atom is -0.481 e. The molecule has 2 saturated heterocycles. The Morgan fingerprint density at radius 1 is 1.23 bits per heavy atom. The molecule has 2 aromatic rings. The van der Waals surface area contributed by atoms with Gasteiger partial charge in [-0.1, -0.05) is 11.6 Å². The molecule has 4 rings (SSSR count). The van der Waals surface area contributed by atoms with Crippen LogP contribution in [0.25, 0.3) is 10.9 Å². The van der Waals surface area contributed by atoms with E-state index < -0.39 is 0 Å². The smallest absolute Gasteiger partial charge is 0.260 e. The van der Waals surface area contributed by atoms with Crippen molar-refractivity contribution in [3.8, 4) is 5.75 Å². The minimum absolute atomic E-state index is 0.00555. The molecular formula is C19H21ClN2O4. The fourth-order valence-corrected chi connectivity index (χ4v) is 3.74. The summed E-state index contributed by atoms with van der Waals surface area (Å²) in [5.74, 6) is 0.920. The van der Waals surface area contributed by atoms with Gasteiger partial charge in [0.15, 0.2) is 12.9 Å². The van der Waals surface area contributed by atoms with Crippen LogP contribution in [0, 0.1) is 5.92 Å². The van der Waals surface area contributed by atoms with Crippen molar-refractivity contribution in [1.82, 2.24) is 9.88 Å². The number of amides is 1. The predicted octanol–water partition coefficient (Wildman–Crippen LogP) is 2.88. The number of benzene rings is 1. The van der Waals surface area contributed by atoms with Gasteiger partial charge in [-0.05, 0) is 37.1 Å². The number of pyridine rings is 1. The summed E-state index contributed by atoms with van der Waals surface area (Å²) in [6.07, 6.45) is 3.37. The molecule has 2 aliphatic rings. The maximum absolute atomic E-state index is 12.5. The number of hydrogen-bond acceptors (Lipinski definition) is 5. The predicted molar refractivity (Wildman–Crippen MR) is 97.2 cm³/mol. The third kappa shape index (κ3) is 3.63. The van der Waals surface area contributed by atoms with E-state index in [1.807, 2.05) is 17.0 Å². The highest BCUT2D eigenvalue weighted by Gasteiger charge is 2.31. The Bertz CT molecular complexity index is 786. The van der Waals surface area contributed by atoms with Gasteiger partial charge < -0.3 is 19.1 Å². The molecule has 26 heavy (non-hydrogen) atoms. The van der Waals surface area contributed by atoms with E-state index in [1.165, 1.54) is 0 Å². The van der Waals surface area contributed by atoms with Crippen LogP contribution in [-0.2, 0) is 14.3 Å². The summed E-state index contributed by atoms with van der Waals surface area (Å²) in [5.41, 5.74) is 0.669. The Morgan fingerprint density at radius 3 is 2.77 bits per heavy atom. The monoisotopic (exact) mass is 376 g/mol. The molecule has 3 heterocycles. The number of rotatable bonds is 4. The second kappa shape index (κ2) is 7.78. The fraction of sp³-hybridized carbons (Fsp3) is 0.474. The number of aromatic nitrogens is 1. The molecule has 1 aromatic carbocycles. The second-order valence-corrected chi connectivity index (χ2v) is 6.97. The van der Waals surface area contributed by atoms with Gasteiger partial charge in [0, 0.05) is 30.6 Å². The van der Waals surface area contributed by atoms with Gasteiger partial charge in [-0.25, -0.2) is 0 Å². The highest BCUT2D eigenvalue weighted by Crippen LogP contribution is 2.30. The van der Waals surface area contributed by atoms with E-state index in [0.717, 1.165) is 18.2 Å². The Hall–Kier alpha value is -1.89. The average Bonchev–Trinajstić information content (AvgIpc) is 3.22. The lowest BCUT2D eigenvalue weighted by Crippen LogP contribution is -2.43. The first kappa shape index (κ1) is 17.5. The molecule has 138 valence electrons. The highest BCUT2D eigenvalue weighted by molar-refractivity contribution is 6.35. The molecule has 6 nitrogen and oxygen atoms in total. The lowest BCUT2D eigenvalue weighted by molar-refractivity contribution is -0.138. The first-order valence-corrected chi connectivity index (χ1v) is 9.27. The zero-order valence-electron chi connectivity index (χ0n) is 14.4. The summed E-state index contributed by atoms with van der Waals surface area (Å²) in [5, 5.41) is 1.43. The Kier molecular flexibility index (Phi) is 5.24. The number of nitrogens with zero attached hydrogens (tertiary/aromatic N) is 2.